The molecule has 2 aliphatic heterocycles. The molecule has 2 aliphatic rings. The van der Waals surface area contributed by atoms with Crippen molar-refractivity contribution in [2.45, 2.75) is 25.2 Å². The van der Waals surface area contributed by atoms with Crippen molar-refractivity contribution in [3.05, 3.63) is 88.1 Å². The minimum Gasteiger partial charge on any atom is -0.406 e. The number of benzene rings is 2. The molecule has 1 fully saturated rings. The molecular formula is C25H20F4N2O3. The minimum absolute atomic E-state index is 0.0128. The lowest BCUT2D eigenvalue weighted by Gasteiger charge is -2.43. The fourth-order valence-corrected chi connectivity index (χ4v) is 4.94. The Bertz CT molecular complexity index is 1280. The standard InChI is InChI=1S/C25H20F4N2O3/c26-19-5-1-17(2-6-19)23(32)30-12-15-11-18(14-30)22-10-9-21(24(33)31(22)13-15)16-3-7-20(8-4-16)34-25(27,28)29/h1-10,15,18H,11-14H2. The highest BCUT2D eigenvalue weighted by atomic mass is 19.4. The summed E-state index contributed by atoms with van der Waals surface area (Å²) in [5.41, 5.74) is 1.93. The number of pyridine rings is 1. The maximum absolute atomic E-state index is 13.3. The molecule has 3 aromatic rings. The molecular weight excluding hydrogens is 452 g/mol. The zero-order valence-corrected chi connectivity index (χ0v) is 17.9. The van der Waals surface area contributed by atoms with Crippen LogP contribution in [-0.2, 0) is 6.54 Å². The van der Waals surface area contributed by atoms with Gasteiger partial charge in [-0.15, -0.1) is 13.2 Å². The van der Waals surface area contributed by atoms with Crippen molar-refractivity contribution in [1.29, 1.82) is 0 Å². The molecule has 1 aromatic heterocycles. The molecule has 5 nitrogen and oxygen atoms in total. The Morgan fingerprint density at radius 2 is 1.62 bits per heavy atom. The van der Waals surface area contributed by atoms with Crippen molar-refractivity contribution in [3.63, 3.8) is 0 Å². The van der Waals surface area contributed by atoms with Crippen LogP contribution >= 0.6 is 0 Å². The summed E-state index contributed by atoms with van der Waals surface area (Å²) in [7, 11) is 0. The summed E-state index contributed by atoms with van der Waals surface area (Å²) < 4.78 is 56.0. The Morgan fingerprint density at radius 3 is 2.29 bits per heavy atom. The molecule has 0 radical (unpaired) electrons. The maximum Gasteiger partial charge on any atom is 0.573 e. The third-order valence-corrected chi connectivity index (χ3v) is 6.38. The molecule has 2 bridgehead atoms. The van der Waals surface area contributed by atoms with Gasteiger partial charge in [-0.3, -0.25) is 9.59 Å². The quantitative estimate of drug-likeness (QED) is 0.514. The number of hydrogen-bond donors (Lipinski definition) is 0. The number of carbonyl (C=O) groups is 1. The van der Waals surface area contributed by atoms with Crippen LogP contribution in [0.25, 0.3) is 11.1 Å². The molecule has 2 unspecified atom stereocenters. The first-order chi connectivity index (χ1) is 16.2. The predicted octanol–water partition coefficient (Wildman–Crippen LogP) is 4.81. The molecule has 1 saturated heterocycles. The second-order valence-corrected chi connectivity index (χ2v) is 8.68. The summed E-state index contributed by atoms with van der Waals surface area (Å²) in [5, 5.41) is 0. The average molecular weight is 472 g/mol. The van der Waals surface area contributed by atoms with Crippen molar-refractivity contribution in [2.75, 3.05) is 13.1 Å². The average Bonchev–Trinajstić information content (AvgIpc) is 2.79. The van der Waals surface area contributed by atoms with Gasteiger partial charge in [0.15, 0.2) is 0 Å². The molecule has 5 rings (SSSR count). The van der Waals surface area contributed by atoms with Crippen LogP contribution in [0.15, 0.2) is 65.5 Å². The fraction of sp³-hybridized carbons (Fsp3) is 0.280. The Hall–Kier alpha value is -3.62. The molecule has 0 spiro atoms. The van der Waals surface area contributed by atoms with Crippen LogP contribution in [0.1, 0.15) is 28.4 Å². The van der Waals surface area contributed by atoms with Crippen LogP contribution in [0.2, 0.25) is 0 Å². The maximum atomic E-state index is 13.3. The molecule has 9 heteroatoms. The van der Waals surface area contributed by atoms with Crippen molar-refractivity contribution >= 4 is 5.91 Å². The van der Waals surface area contributed by atoms with Crippen molar-refractivity contribution in [1.82, 2.24) is 9.47 Å². The molecule has 176 valence electrons. The Kier molecular flexibility index (Phi) is 5.42. The summed E-state index contributed by atoms with van der Waals surface area (Å²) >= 11 is 0. The normalized spacial score (nSPS) is 19.5. The van der Waals surface area contributed by atoms with Gasteiger partial charge in [0.1, 0.15) is 11.6 Å². The summed E-state index contributed by atoms with van der Waals surface area (Å²) in [4.78, 5) is 27.9. The lowest BCUT2D eigenvalue weighted by molar-refractivity contribution is -0.274. The van der Waals surface area contributed by atoms with E-state index in [1.54, 1.807) is 15.5 Å². The van der Waals surface area contributed by atoms with Crippen LogP contribution in [0.5, 0.6) is 5.75 Å². The van der Waals surface area contributed by atoms with E-state index in [2.05, 4.69) is 4.74 Å². The van der Waals surface area contributed by atoms with Gasteiger partial charge < -0.3 is 14.2 Å². The SMILES string of the molecule is O=C(c1ccc(F)cc1)N1CC2CC(C1)c1ccc(-c3ccc(OC(F)(F)F)cc3)c(=O)n1C2. The summed E-state index contributed by atoms with van der Waals surface area (Å²) in [5.74, 6) is -0.843. The van der Waals surface area contributed by atoms with Crippen LogP contribution in [-0.4, -0.2) is 34.8 Å². The van der Waals surface area contributed by atoms with Gasteiger partial charge in [0.05, 0.1) is 0 Å². The Morgan fingerprint density at radius 1 is 0.912 bits per heavy atom. The topological polar surface area (TPSA) is 51.5 Å². The first-order valence-electron chi connectivity index (χ1n) is 10.8. The zero-order valence-electron chi connectivity index (χ0n) is 17.9. The Labute approximate surface area is 192 Å². The third kappa shape index (κ3) is 4.30. The van der Waals surface area contributed by atoms with Gasteiger partial charge in [-0.1, -0.05) is 12.1 Å². The van der Waals surface area contributed by atoms with E-state index in [0.717, 1.165) is 12.1 Å². The van der Waals surface area contributed by atoms with E-state index in [-0.39, 0.29) is 29.1 Å². The number of carbonyl (C=O) groups excluding carboxylic acids is 1. The predicted molar refractivity (Wildman–Crippen MR) is 116 cm³/mol. The molecule has 2 atom stereocenters. The first-order valence-corrected chi connectivity index (χ1v) is 10.8. The molecule has 3 heterocycles. The number of amides is 1. The van der Waals surface area contributed by atoms with Crippen molar-refractivity contribution in [3.8, 4) is 16.9 Å². The van der Waals surface area contributed by atoms with E-state index in [0.29, 0.717) is 36.3 Å². The summed E-state index contributed by atoms with van der Waals surface area (Å²) in [6, 6.07) is 14.2. The van der Waals surface area contributed by atoms with Crippen molar-refractivity contribution in [2.24, 2.45) is 5.92 Å². The lowest BCUT2D eigenvalue weighted by Crippen LogP contribution is -2.49. The van der Waals surface area contributed by atoms with Crippen LogP contribution in [0.4, 0.5) is 17.6 Å². The van der Waals surface area contributed by atoms with Gasteiger partial charge in [0, 0.05) is 42.4 Å². The van der Waals surface area contributed by atoms with E-state index >= 15 is 0 Å². The van der Waals surface area contributed by atoms with E-state index < -0.39 is 12.2 Å². The van der Waals surface area contributed by atoms with E-state index in [9.17, 15) is 27.2 Å². The highest BCUT2D eigenvalue weighted by Crippen LogP contribution is 2.36. The number of aromatic nitrogens is 1. The summed E-state index contributed by atoms with van der Waals surface area (Å²) in [6.45, 7) is 1.39. The van der Waals surface area contributed by atoms with Gasteiger partial charge >= 0.3 is 6.36 Å². The first kappa shape index (κ1) is 22.2. The second kappa shape index (κ2) is 8.30. The highest BCUT2D eigenvalue weighted by Gasteiger charge is 2.37. The fourth-order valence-electron chi connectivity index (χ4n) is 4.94. The highest BCUT2D eigenvalue weighted by molar-refractivity contribution is 5.94. The van der Waals surface area contributed by atoms with Crippen LogP contribution in [0.3, 0.4) is 0 Å². The van der Waals surface area contributed by atoms with E-state index in [1.165, 1.54) is 48.5 Å². The molecule has 0 saturated carbocycles. The second-order valence-electron chi connectivity index (χ2n) is 8.68. The minimum atomic E-state index is -4.78. The van der Waals surface area contributed by atoms with E-state index in [1.807, 2.05) is 6.07 Å². The van der Waals surface area contributed by atoms with Crippen molar-refractivity contribution < 1.29 is 27.1 Å². The molecule has 1 amide bonds. The van der Waals surface area contributed by atoms with Crippen LogP contribution < -0.4 is 10.3 Å². The number of hydrogen-bond acceptors (Lipinski definition) is 3. The molecule has 34 heavy (non-hydrogen) atoms. The number of likely N-dealkylation sites (tertiary alicyclic amines) is 1. The van der Waals surface area contributed by atoms with Crippen LogP contribution in [0, 0.1) is 11.7 Å². The van der Waals surface area contributed by atoms with Gasteiger partial charge in [-0.2, -0.15) is 0 Å². The Balaban J connectivity index is 1.39. The number of nitrogens with zero attached hydrogens (tertiary/aromatic N) is 2. The summed E-state index contributed by atoms with van der Waals surface area (Å²) in [6.07, 6.45) is -3.92. The number of fused-ring (bicyclic) bond motifs is 4. The smallest absolute Gasteiger partial charge is 0.406 e. The third-order valence-electron chi connectivity index (χ3n) is 6.38. The number of halogens is 4. The molecule has 0 aliphatic carbocycles. The molecule has 0 N–H and O–H groups in total. The number of piperidine rings is 1. The number of rotatable bonds is 3. The van der Waals surface area contributed by atoms with Gasteiger partial charge in [-0.25, -0.2) is 4.39 Å². The van der Waals surface area contributed by atoms with E-state index in [4.69, 9.17) is 0 Å². The van der Waals surface area contributed by atoms with Gasteiger partial charge in [-0.05, 0) is 66.4 Å². The number of ether oxygens (including phenoxy) is 1. The monoisotopic (exact) mass is 472 g/mol. The number of alkyl halides is 3. The lowest BCUT2D eigenvalue weighted by atomic mass is 9.82. The zero-order chi connectivity index (χ0) is 24.0. The van der Waals surface area contributed by atoms with Gasteiger partial charge in [0.2, 0.25) is 0 Å². The van der Waals surface area contributed by atoms with Gasteiger partial charge in [0.25, 0.3) is 11.5 Å². The largest absolute Gasteiger partial charge is 0.573 e. The molecule has 2 aromatic carbocycles.